The summed E-state index contributed by atoms with van der Waals surface area (Å²) in [6.07, 6.45) is 7.21. The summed E-state index contributed by atoms with van der Waals surface area (Å²) in [5.74, 6) is -0.637. The molecule has 0 radical (unpaired) electrons. The topological polar surface area (TPSA) is 49.8 Å². The zero-order valence-corrected chi connectivity index (χ0v) is 11.5. The maximum absolute atomic E-state index is 11.7. The van der Waals surface area contributed by atoms with Crippen molar-refractivity contribution in [1.82, 2.24) is 4.90 Å². The lowest BCUT2D eigenvalue weighted by Gasteiger charge is -2.42. The Balaban J connectivity index is 2.13. The minimum absolute atomic E-state index is 0.313. The number of nitrogens with zero attached hydrogens (tertiary/aromatic N) is 1. The zero-order valence-electron chi connectivity index (χ0n) is 11.5. The number of carboxylic acids is 1. The van der Waals surface area contributed by atoms with E-state index in [0.717, 1.165) is 45.1 Å². The van der Waals surface area contributed by atoms with Crippen LogP contribution in [0.25, 0.3) is 0 Å². The Morgan fingerprint density at radius 1 is 1.44 bits per heavy atom. The lowest BCUT2D eigenvalue weighted by Crippen LogP contribution is -2.55. The first-order valence-electron chi connectivity index (χ1n) is 7.17. The molecule has 0 bridgehead atoms. The first-order valence-corrected chi connectivity index (χ1v) is 7.17. The number of carboxylic acid groups (broad SMARTS) is 1. The number of rotatable bonds is 4. The van der Waals surface area contributed by atoms with Gasteiger partial charge in [-0.3, -0.25) is 9.69 Å². The SMILES string of the molecule is CCC1(C(=O)O)CCCN1C1CCCC(OC)C1. The van der Waals surface area contributed by atoms with E-state index in [4.69, 9.17) is 4.74 Å². The maximum Gasteiger partial charge on any atom is 0.324 e. The summed E-state index contributed by atoms with van der Waals surface area (Å²) in [4.78, 5) is 14.0. The minimum Gasteiger partial charge on any atom is -0.480 e. The summed E-state index contributed by atoms with van der Waals surface area (Å²) in [5, 5.41) is 9.61. The van der Waals surface area contributed by atoms with Crippen LogP contribution < -0.4 is 0 Å². The predicted octanol–water partition coefficient (Wildman–Crippen LogP) is 2.27. The molecule has 2 rings (SSSR count). The van der Waals surface area contributed by atoms with Crippen molar-refractivity contribution in [2.75, 3.05) is 13.7 Å². The standard InChI is InChI=1S/C14H25NO3/c1-3-14(13(16)17)8-5-9-15(14)11-6-4-7-12(10-11)18-2/h11-12H,3-10H2,1-2H3,(H,16,17). The van der Waals surface area contributed by atoms with Crippen LogP contribution in [0.5, 0.6) is 0 Å². The number of hydrogen-bond donors (Lipinski definition) is 1. The van der Waals surface area contributed by atoms with E-state index in [-0.39, 0.29) is 0 Å². The number of likely N-dealkylation sites (tertiary alicyclic amines) is 1. The van der Waals surface area contributed by atoms with Gasteiger partial charge >= 0.3 is 5.97 Å². The molecule has 1 aliphatic carbocycles. The van der Waals surface area contributed by atoms with Gasteiger partial charge in [0.15, 0.2) is 0 Å². The lowest BCUT2D eigenvalue weighted by atomic mass is 9.86. The molecule has 4 heteroatoms. The van der Waals surface area contributed by atoms with Gasteiger partial charge in [-0.2, -0.15) is 0 Å². The van der Waals surface area contributed by atoms with E-state index in [2.05, 4.69) is 4.90 Å². The molecule has 104 valence electrons. The van der Waals surface area contributed by atoms with Crippen LogP contribution in [0.15, 0.2) is 0 Å². The van der Waals surface area contributed by atoms with Gasteiger partial charge in [-0.05, 0) is 51.5 Å². The summed E-state index contributed by atoms with van der Waals surface area (Å²) < 4.78 is 5.47. The highest BCUT2D eigenvalue weighted by Crippen LogP contribution is 2.38. The molecule has 0 aromatic rings. The van der Waals surface area contributed by atoms with E-state index in [0.29, 0.717) is 18.6 Å². The summed E-state index contributed by atoms with van der Waals surface area (Å²) in [6, 6.07) is 0.391. The molecule has 1 aliphatic heterocycles. The molecule has 0 amide bonds. The van der Waals surface area contributed by atoms with Gasteiger partial charge in [0.1, 0.15) is 5.54 Å². The molecule has 1 heterocycles. The van der Waals surface area contributed by atoms with E-state index in [1.165, 1.54) is 0 Å². The molecule has 1 saturated carbocycles. The van der Waals surface area contributed by atoms with E-state index >= 15 is 0 Å². The molecule has 1 saturated heterocycles. The van der Waals surface area contributed by atoms with Gasteiger partial charge in [0, 0.05) is 13.2 Å². The molecule has 2 fully saturated rings. The van der Waals surface area contributed by atoms with Crippen molar-refractivity contribution >= 4 is 5.97 Å². The molecule has 2 aliphatic rings. The average molecular weight is 255 g/mol. The van der Waals surface area contributed by atoms with Gasteiger partial charge in [0.2, 0.25) is 0 Å². The second-order valence-electron chi connectivity index (χ2n) is 5.67. The maximum atomic E-state index is 11.7. The van der Waals surface area contributed by atoms with Crippen LogP contribution in [0.2, 0.25) is 0 Å². The number of methoxy groups -OCH3 is 1. The number of aliphatic carboxylic acids is 1. The fraction of sp³-hybridized carbons (Fsp3) is 0.929. The van der Waals surface area contributed by atoms with Gasteiger partial charge in [0.05, 0.1) is 6.10 Å². The summed E-state index contributed by atoms with van der Waals surface area (Å²) in [6.45, 7) is 2.93. The van der Waals surface area contributed by atoms with Crippen molar-refractivity contribution in [2.24, 2.45) is 0 Å². The van der Waals surface area contributed by atoms with Gasteiger partial charge in [-0.1, -0.05) is 6.92 Å². The number of ether oxygens (including phenoxy) is 1. The molecule has 3 unspecified atom stereocenters. The van der Waals surface area contributed by atoms with Crippen LogP contribution >= 0.6 is 0 Å². The summed E-state index contributed by atoms with van der Waals surface area (Å²) in [7, 11) is 1.77. The van der Waals surface area contributed by atoms with Crippen molar-refractivity contribution in [3.63, 3.8) is 0 Å². The average Bonchev–Trinajstić information content (AvgIpc) is 2.84. The number of carbonyl (C=O) groups is 1. The first kappa shape index (κ1) is 13.8. The van der Waals surface area contributed by atoms with Crippen molar-refractivity contribution in [3.05, 3.63) is 0 Å². The highest BCUT2D eigenvalue weighted by molar-refractivity contribution is 5.79. The molecule has 3 atom stereocenters. The normalized spacial score (nSPS) is 37.9. The molecule has 4 nitrogen and oxygen atoms in total. The first-order chi connectivity index (χ1) is 8.64. The highest BCUT2D eigenvalue weighted by atomic mass is 16.5. The third kappa shape index (κ3) is 2.28. The van der Waals surface area contributed by atoms with Crippen LogP contribution in [0.4, 0.5) is 0 Å². The van der Waals surface area contributed by atoms with Crippen LogP contribution in [-0.4, -0.2) is 47.3 Å². The monoisotopic (exact) mass is 255 g/mol. The number of hydrogen-bond acceptors (Lipinski definition) is 3. The van der Waals surface area contributed by atoms with Crippen LogP contribution in [0.3, 0.4) is 0 Å². The third-order valence-corrected chi connectivity index (χ3v) is 4.89. The van der Waals surface area contributed by atoms with Crippen LogP contribution in [-0.2, 0) is 9.53 Å². The van der Waals surface area contributed by atoms with Crippen molar-refractivity contribution < 1.29 is 14.6 Å². The Kier molecular flexibility index (Phi) is 4.28. The summed E-state index contributed by atoms with van der Waals surface area (Å²) >= 11 is 0. The van der Waals surface area contributed by atoms with E-state index in [9.17, 15) is 9.90 Å². The molecule has 0 spiro atoms. The predicted molar refractivity (Wildman–Crippen MR) is 69.7 cm³/mol. The molecule has 0 aromatic heterocycles. The van der Waals surface area contributed by atoms with Gasteiger partial charge in [0.25, 0.3) is 0 Å². The Morgan fingerprint density at radius 2 is 2.22 bits per heavy atom. The largest absolute Gasteiger partial charge is 0.480 e. The van der Waals surface area contributed by atoms with Gasteiger partial charge in [-0.15, -0.1) is 0 Å². The summed E-state index contributed by atoms with van der Waals surface area (Å²) in [5.41, 5.74) is -0.611. The van der Waals surface area contributed by atoms with Crippen molar-refractivity contribution in [3.8, 4) is 0 Å². The van der Waals surface area contributed by atoms with E-state index in [1.54, 1.807) is 7.11 Å². The molecule has 18 heavy (non-hydrogen) atoms. The minimum atomic E-state index is -0.637. The Bertz CT molecular complexity index is 307. The quantitative estimate of drug-likeness (QED) is 0.837. The molecular formula is C14H25NO3. The Morgan fingerprint density at radius 3 is 2.83 bits per heavy atom. The molecule has 0 aromatic carbocycles. The Hall–Kier alpha value is -0.610. The zero-order chi connectivity index (χ0) is 13.2. The van der Waals surface area contributed by atoms with Crippen LogP contribution in [0, 0.1) is 0 Å². The van der Waals surface area contributed by atoms with Crippen LogP contribution in [0.1, 0.15) is 51.9 Å². The Labute approximate surface area is 109 Å². The smallest absolute Gasteiger partial charge is 0.324 e. The van der Waals surface area contributed by atoms with Gasteiger partial charge in [-0.25, -0.2) is 0 Å². The lowest BCUT2D eigenvalue weighted by molar-refractivity contribution is -0.152. The van der Waals surface area contributed by atoms with E-state index in [1.807, 2.05) is 6.92 Å². The van der Waals surface area contributed by atoms with Gasteiger partial charge < -0.3 is 9.84 Å². The van der Waals surface area contributed by atoms with E-state index < -0.39 is 11.5 Å². The second-order valence-corrected chi connectivity index (χ2v) is 5.67. The fourth-order valence-corrected chi connectivity index (χ4v) is 3.81. The van der Waals surface area contributed by atoms with Crippen molar-refractivity contribution in [1.29, 1.82) is 0 Å². The fourth-order valence-electron chi connectivity index (χ4n) is 3.81. The highest BCUT2D eigenvalue weighted by Gasteiger charge is 2.49. The molecule has 1 N–H and O–H groups in total. The second kappa shape index (κ2) is 5.57. The molecular weight excluding hydrogens is 230 g/mol. The third-order valence-electron chi connectivity index (χ3n) is 4.89. The van der Waals surface area contributed by atoms with Crippen molar-refractivity contribution in [2.45, 2.75) is 69.6 Å².